The van der Waals surface area contributed by atoms with Crippen molar-refractivity contribution in [3.8, 4) is 0 Å². The Labute approximate surface area is 142 Å². The predicted octanol–water partition coefficient (Wildman–Crippen LogP) is 2.59. The van der Waals surface area contributed by atoms with Crippen molar-refractivity contribution in [3.05, 3.63) is 29.8 Å². The van der Waals surface area contributed by atoms with E-state index in [1.165, 1.54) is 20.0 Å². The molecule has 0 unspecified atom stereocenters. The number of carbonyl (C=O) groups is 3. The number of likely N-dealkylation sites (tertiary alicyclic amines) is 1. The quantitative estimate of drug-likeness (QED) is 0.841. The summed E-state index contributed by atoms with van der Waals surface area (Å²) in [5.41, 5.74) is 1.24. The van der Waals surface area contributed by atoms with Crippen molar-refractivity contribution >= 4 is 23.5 Å². The Morgan fingerprint density at radius 1 is 1.00 bits per heavy atom. The molecule has 1 aliphatic heterocycles. The highest BCUT2D eigenvalue weighted by molar-refractivity contribution is 5.96. The van der Waals surface area contributed by atoms with E-state index in [-0.39, 0.29) is 24.7 Å². The highest BCUT2D eigenvalue weighted by Gasteiger charge is 2.17. The van der Waals surface area contributed by atoms with Gasteiger partial charge in [-0.2, -0.15) is 0 Å². The van der Waals surface area contributed by atoms with Crippen LogP contribution in [-0.4, -0.2) is 42.9 Å². The van der Waals surface area contributed by atoms with Crippen molar-refractivity contribution < 1.29 is 19.1 Å². The maximum atomic E-state index is 12.5. The summed E-state index contributed by atoms with van der Waals surface area (Å²) < 4.78 is 4.50. The van der Waals surface area contributed by atoms with Crippen molar-refractivity contribution in [2.45, 2.75) is 38.5 Å². The van der Waals surface area contributed by atoms with E-state index >= 15 is 0 Å². The Balaban J connectivity index is 1.88. The number of amides is 2. The maximum absolute atomic E-state index is 12.5. The van der Waals surface area contributed by atoms with Crippen LogP contribution in [0.15, 0.2) is 24.3 Å². The minimum Gasteiger partial charge on any atom is -0.469 e. The second-order valence-corrected chi connectivity index (χ2v) is 5.91. The highest BCUT2D eigenvalue weighted by atomic mass is 16.5. The molecule has 0 atom stereocenters. The van der Waals surface area contributed by atoms with Crippen LogP contribution in [0.1, 0.15) is 48.9 Å². The third-order valence-corrected chi connectivity index (χ3v) is 4.09. The summed E-state index contributed by atoms with van der Waals surface area (Å²) in [6.45, 7) is 1.62. The van der Waals surface area contributed by atoms with E-state index in [9.17, 15) is 14.4 Å². The lowest BCUT2D eigenvalue weighted by Crippen LogP contribution is -2.31. The van der Waals surface area contributed by atoms with Crippen LogP contribution in [0, 0.1) is 0 Å². The van der Waals surface area contributed by atoms with E-state index in [2.05, 4.69) is 10.1 Å². The molecule has 2 rings (SSSR count). The van der Waals surface area contributed by atoms with Gasteiger partial charge >= 0.3 is 5.97 Å². The molecule has 1 fully saturated rings. The van der Waals surface area contributed by atoms with E-state index in [0.717, 1.165) is 25.9 Å². The summed E-state index contributed by atoms with van der Waals surface area (Å²) in [5.74, 6) is -0.629. The number of hydrogen-bond donors (Lipinski definition) is 1. The Morgan fingerprint density at radius 2 is 1.62 bits per heavy atom. The molecule has 6 nitrogen and oxygen atoms in total. The van der Waals surface area contributed by atoms with Gasteiger partial charge in [-0.1, -0.05) is 12.8 Å². The molecule has 1 aromatic carbocycles. The van der Waals surface area contributed by atoms with Crippen molar-refractivity contribution in [2.75, 3.05) is 25.5 Å². The standard InChI is InChI=1S/C18H24N2O4/c1-24-17(22)11-10-16(21)19-15-8-6-14(7-9-15)18(23)20-12-4-2-3-5-13-20/h6-9H,2-5,10-13H2,1H3,(H,19,21). The third-order valence-electron chi connectivity index (χ3n) is 4.09. The first-order valence-corrected chi connectivity index (χ1v) is 8.36. The van der Waals surface area contributed by atoms with Crippen molar-refractivity contribution in [3.63, 3.8) is 0 Å². The van der Waals surface area contributed by atoms with Crippen molar-refractivity contribution in [1.82, 2.24) is 4.90 Å². The number of esters is 1. The molecule has 24 heavy (non-hydrogen) atoms. The lowest BCUT2D eigenvalue weighted by atomic mass is 10.1. The van der Waals surface area contributed by atoms with Crippen LogP contribution >= 0.6 is 0 Å². The van der Waals surface area contributed by atoms with Gasteiger partial charge in [0.1, 0.15) is 0 Å². The predicted molar refractivity (Wildman–Crippen MR) is 90.7 cm³/mol. The van der Waals surface area contributed by atoms with E-state index in [1.54, 1.807) is 24.3 Å². The summed E-state index contributed by atoms with van der Waals surface area (Å²) in [7, 11) is 1.29. The van der Waals surface area contributed by atoms with Gasteiger partial charge in [-0.15, -0.1) is 0 Å². The maximum Gasteiger partial charge on any atom is 0.306 e. The topological polar surface area (TPSA) is 75.7 Å². The van der Waals surface area contributed by atoms with Crippen LogP contribution in [-0.2, 0) is 14.3 Å². The zero-order chi connectivity index (χ0) is 17.4. The Kier molecular flexibility index (Phi) is 6.78. The normalized spacial score (nSPS) is 14.6. The first-order chi connectivity index (χ1) is 11.6. The fraction of sp³-hybridized carbons (Fsp3) is 0.500. The molecule has 1 aliphatic rings. The summed E-state index contributed by atoms with van der Waals surface area (Å²) in [6, 6.07) is 6.87. The molecule has 0 saturated carbocycles. The van der Waals surface area contributed by atoms with Gasteiger partial charge in [-0.3, -0.25) is 14.4 Å². The first kappa shape index (κ1) is 18.0. The summed E-state index contributed by atoms with van der Waals surface area (Å²) in [6.07, 6.45) is 4.59. The molecule has 1 aromatic rings. The average molecular weight is 332 g/mol. The number of nitrogens with zero attached hydrogens (tertiary/aromatic N) is 1. The SMILES string of the molecule is COC(=O)CCC(=O)Nc1ccc(C(=O)N2CCCCCC2)cc1. The van der Waals surface area contributed by atoms with Crippen LogP contribution in [0.2, 0.25) is 0 Å². The Bertz CT molecular complexity index is 575. The molecule has 0 bridgehead atoms. The second kappa shape index (κ2) is 9.05. The van der Waals surface area contributed by atoms with Gasteiger partial charge in [0.05, 0.1) is 13.5 Å². The van der Waals surface area contributed by atoms with Gasteiger partial charge in [-0.05, 0) is 37.1 Å². The fourth-order valence-corrected chi connectivity index (χ4v) is 2.69. The minimum atomic E-state index is -0.413. The number of rotatable bonds is 5. The molecule has 1 N–H and O–H groups in total. The average Bonchev–Trinajstić information content (AvgIpc) is 2.89. The monoisotopic (exact) mass is 332 g/mol. The molecule has 0 aliphatic carbocycles. The van der Waals surface area contributed by atoms with Crippen LogP contribution in [0.5, 0.6) is 0 Å². The number of methoxy groups -OCH3 is 1. The zero-order valence-corrected chi connectivity index (χ0v) is 14.0. The molecule has 0 aromatic heterocycles. The number of ether oxygens (including phenoxy) is 1. The van der Waals surface area contributed by atoms with Crippen LogP contribution in [0.25, 0.3) is 0 Å². The van der Waals surface area contributed by atoms with Crippen molar-refractivity contribution in [1.29, 1.82) is 0 Å². The lowest BCUT2D eigenvalue weighted by molar-refractivity contribution is -0.141. The van der Waals surface area contributed by atoms with Gasteiger partial charge in [0, 0.05) is 30.8 Å². The van der Waals surface area contributed by atoms with Crippen LogP contribution in [0.3, 0.4) is 0 Å². The lowest BCUT2D eigenvalue weighted by Gasteiger charge is -2.20. The molecule has 6 heteroatoms. The van der Waals surface area contributed by atoms with Crippen molar-refractivity contribution in [2.24, 2.45) is 0 Å². The van der Waals surface area contributed by atoms with E-state index in [1.807, 2.05) is 4.90 Å². The molecule has 0 radical (unpaired) electrons. The Morgan fingerprint density at radius 3 is 2.21 bits per heavy atom. The number of hydrogen-bond acceptors (Lipinski definition) is 4. The third kappa shape index (κ3) is 5.37. The molecule has 1 heterocycles. The van der Waals surface area contributed by atoms with Gasteiger partial charge < -0.3 is 15.0 Å². The van der Waals surface area contributed by atoms with Crippen LogP contribution in [0.4, 0.5) is 5.69 Å². The van der Waals surface area contributed by atoms with Gasteiger partial charge in [0.15, 0.2) is 0 Å². The smallest absolute Gasteiger partial charge is 0.306 e. The molecule has 0 spiro atoms. The largest absolute Gasteiger partial charge is 0.469 e. The Hall–Kier alpha value is -2.37. The van der Waals surface area contributed by atoms with E-state index in [4.69, 9.17) is 0 Å². The number of anilines is 1. The number of nitrogens with one attached hydrogen (secondary N) is 1. The van der Waals surface area contributed by atoms with E-state index in [0.29, 0.717) is 11.3 Å². The molecule has 2 amide bonds. The zero-order valence-electron chi connectivity index (χ0n) is 14.0. The summed E-state index contributed by atoms with van der Waals surface area (Å²) in [5, 5.41) is 2.71. The van der Waals surface area contributed by atoms with Gasteiger partial charge in [0.25, 0.3) is 5.91 Å². The fourth-order valence-electron chi connectivity index (χ4n) is 2.69. The first-order valence-electron chi connectivity index (χ1n) is 8.36. The summed E-state index contributed by atoms with van der Waals surface area (Å²) >= 11 is 0. The number of benzene rings is 1. The highest BCUT2D eigenvalue weighted by Crippen LogP contribution is 2.16. The second-order valence-electron chi connectivity index (χ2n) is 5.91. The van der Waals surface area contributed by atoms with Gasteiger partial charge in [0.2, 0.25) is 5.91 Å². The minimum absolute atomic E-state index is 0.0421. The van der Waals surface area contributed by atoms with Crippen LogP contribution < -0.4 is 5.32 Å². The number of carbonyl (C=O) groups excluding carboxylic acids is 3. The molecule has 130 valence electrons. The molecule has 1 saturated heterocycles. The van der Waals surface area contributed by atoms with Gasteiger partial charge in [-0.25, -0.2) is 0 Å². The summed E-state index contributed by atoms with van der Waals surface area (Å²) in [4.78, 5) is 37.1. The molecular weight excluding hydrogens is 308 g/mol. The van der Waals surface area contributed by atoms with E-state index < -0.39 is 5.97 Å². The molecular formula is C18H24N2O4.